The second-order valence-electron chi connectivity index (χ2n) is 12.1. The van der Waals surface area contributed by atoms with Crippen molar-refractivity contribution in [3.05, 3.63) is 175 Å². The van der Waals surface area contributed by atoms with E-state index in [4.69, 9.17) is 36.2 Å². The molecule has 0 atom stereocenters. The molecule has 4 heterocycles. The molecule has 0 aliphatic heterocycles. The molecule has 12 rings (SSSR count). The van der Waals surface area contributed by atoms with E-state index >= 15 is 0 Å². The van der Waals surface area contributed by atoms with Gasteiger partial charge < -0.3 is 8.83 Å². The summed E-state index contributed by atoms with van der Waals surface area (Å²) in [6.07, 6.45) is 0. The molecule has 0 aliphatic carbocycles. The van der Waals surface area contributed by atoms with E-state index in [-0.39, 0.29) is 20.2 Å². The van der Waals surface area contributed by atoms with Crippen LogP contribution in [-0.4, -0.2) is 15.0 Å². The zero-order valence-corrected chi connectivity index (χ0v) is 28.9. The summed E-state index contributed by atoms with van der Waals surface area (Å²) in [5.74, 6) is -2.49. The smallest absolute Gasteiger partial charge is 0.167 e. The minimum atomic E-state index is -1.01. The first kappa shape index (κ1) is 14.6. The second kappa shape index (κ2) is 12.6. The number of hydrogen-bond donors (Lipinski definition) is 0. The number of fused-ring (bicyclic) bond motifs is 9. The summed E-state index contributed by atoms with van der Waals surface area (Å²) >= 11 is 0.646. The minimum Gasteiger partial charge on any atom is -0.455 e. The Morgan fingerprint density at radius 3 is 1.74 bits per heavy atom. The van der Waals surface area contributed by atoms with Crippen LogP contribution in [0.25, 0.3) is 120 Å². The molecule has 5 nitrogen and oxygen atoms in total. The number of benzene rings is 8. The normalized spacial score (nSPS) is 19.0. The fourth-order valence-corrected chi connectivity index (χ4v) is 7.53. The highest BCUT2D eigenvalue weighted by Crippen LogP contribution is 2.47. The quantitative estimate of drug-likeness (QED) is 0.174. The number of aromatic nitrogens is 3. The van der Waals surface area contributed by atoms with Gasteiger partial charge in [-0.3, -0.25) is 0 Å². The molecular formula is C51H29N3O2S. The van der Waals surface area contributed by atoms with Crippen molar-refractivity contribution in [1.29, 1.82) is 0 Å². The van der Waals surface area contributed by atoms with Crippen molar-refractivity contribution in [2.45, 2.75) is 0 Å². The number of furan rings is 2. The summed E-state index contributed by atoms with van der Waals surface area (Å²) in [5.41, 5.74) is -7.76. The van der Waals surface area contributed by atoms with Gasteiger partial charge in [-0.05, 0) is 59.0 Å². The third-order valence-electron chi connectivity index (χ3n) is 8.94. The van der Waals surface area contributed by atoms with E-state index in [0.717, 1.165) is 0 Å². The number of hydrogen-bond acceptors (Lipinski definition) is 6. The van der Waals surface area contributed by atoms with Crippen molar-refractivity contribution in [3.8, 4) is 56.4 Å². The average Bonchev–Trinajstić information content (AvgIpc) is 1.48. The van der Waals surface area contributed by atoms with E-state index in [9.17, 15) is 12.3 Å². The van der Waals surface area contributed by atoms with Gasteiger partial charge in [-0.1, -0.05) is 133 Å². The zero-order valence-electron chi connectivity index (χ0n) is 57.1. The minimum absolute atomic E-state index is 0.157. The summed E-state index contributed by atoms with van der Waals surface area (Å²) < 4.78 is 272. The largest absolute Gasteiger partial charge is 0.455 e. The predicted octanol–water partition coefficient (Wildman–Crippen LogP) is 14.4. The molecule has 0 unspecified atom stereocenters. The second-order valence-corrected chi connectivity index (χ2v) is 13.1. The lowest BCUT2D eigenvalue weighted by atomic mass is 9.92. The maximum atomic E-state index is 10.3. The van der Waals surface area contributed by atoms with E-state index in [1.54, 1.807) is 0 Å². The van der Waals surface area contributed by atoms with Gasteiger partial charge in [0.1, 0.15) is 22.3 Å². The lowest BCUT2D eigenvalue weighted by Gasteiger charge is -2.11. The molecule has 4 aromatic heterocycles. The van der Waals surface area contributed by atoms with Crippen LogP contribution in [0.1, 0.15) is 39.8 Å². The molecule has 0 radical (unpaired) electrons. The van der Waals surface area contributed by atoms with Gasteiger partial charge in [0.05, 0.1) is 45.3 Å². The van der Waals surface area contributed by atoms with E-state index in [1.165, 1.54) is 0 Å². The van der Waals surface area contributed by atoms with Crippen molar-refractivity contribution < 1.29 is 48.6 Å². The molecule has 0 saturated heterocycles. The monoisotopic (exact) mass is 776 g/mol. The van der Waals surface area contributed by atoms with Crippen LogP contribution in [0.15, 0.2) is 184 Å². The van der Waals surface area contributed by atoms with Gasteiger partial charge in [0.25, 0.3) is 0 Å². The average molecular weight is 777 g/mol. The van der Waals surface area contributed by atoms with Crippen molar-refractivity contribution >= 4 is 75.4 Å². The van der Waals surface area contributed by atoms with E-state index in [1.807, 2.05) is 0 Å². The molecule has 0 N–H and O–H groups in total. The molecule has 0 aliphatic rings. The Labute approximate surface area is 370 Å². The van der Waals surface area contributed by atoms with Gasteiger partial charge in [-0.15, -0.1) is 11.3 Å². The zero-order chi connectivity index (χ0) is 62.7. The summed E-state index contributed by atoms with van der Waals surface area (Å²) in [5, 5.41) is -2.93. The van der Waals surface area contributed by atoms with Gasteiger partial charge in [-0.2, -0.15) is 0 Å². The molecule has 8 aromatic carbocycles. The Balaban J connectivity index is 1.30. The summed E-state index contributed by atoms with van der Waals surface area (Å²) in [6.45, 7) is 0. The molecule has 0 fully saturated rings. The Morgan fingerprint density at radius 1 is 0.368 bits per heavy atom. The highest BCUT2D eigenvalue weighted by molar-refractivity contribution is 7.25. The standard InChI is InChI=1S/C51H29N3O2S/c1-3-14-30(15-4-1)49-52-50(31-16-5-2-6-17-31)54-51(53-49)38-23-11-22-37-45-35(21-12-25-42(45)56-47(37)38)40-29-32(28-39-34-18-7-9-24-41(34)55-48(39)40)33-20-13-27-44-46(33)36-19-8-10-26-43(36)57-44/h1-29H/i1D,2D,3D,4D,5D,6D,7D,8D,9D,10D,11D,12D,13D,14D,15D,16D,17D,18D,19D,20D,21D,22D,23D,24D,25D,26D,27D,28D,29D. The number of rotatable bonds is 5. The molecule has 57 heavy (non-hydrogen) atoms. The third kappa shape index (κ3) is 5.04. The van der Waals surface area contributed by atoms with Crippen LogP contribution < -0.4 is 0 Å². The van der Waals surface area contributed by atoms with Crippen LogP contribution in [-0.2, 0) is 0 Å². The van der Waals surface area contributed by atoms with Gasteiger partial charge >= 0.3 is 0 Å². The lowest BCUT2D eigenvalue weighted by molar-refractivity contribution is 0.669. The van der Waals surface area contributed by atoms with E-state index < -0.39 is 276 Å². The van der Waals surface area contributed by atoms with Crippen LogP contribution in [0.3, 0.4) is 0 Å². The van der Waals surface area contributed by atoms with E-state index in [0.29, 0.717) is 11.3 Å². The summed E-state index contributed by atoms with van der Waals surface area (Å²) in [6, 6.07) is -24.9. The fraction of sp³-hybridized carbons (Fsp3) is 0. The van der Waals surface area contributed by atoms with Crippen molar-refractivity contribution in [2.75, 3.05) is 0 Å². The lowest BCUT2D eigenvalue weighted by Crippen LogP contribution is -2.00. The maximum absolute atomic E-state index is 10.3. The topological polar surface area (TPSA) is 65.0 Å². The molecule has 6 heteroatoms. The Bertz CT molecular complexity index is 5100. The first-order valence-electron chi connectivity index (χ1n) is 31.1. The van der Waals surface area contributed by atoms with Crippen LogP contribution >= 0.6 is 11.3 Å². The van der Waals surface area contributed by atoms with Crippen molar-refractivity contribution in [3.63, 3.8) is 0 Å². The van der Waals surface area contributed by atoms with Gasteiger partial charge in [0, 0.05) is 58.4 Å². The van der Waals surface area contributed by atoms with Crippen molar-refractivity contribution in [1.82, 2.24) is 15.0 Å². The highest BCUT2D eigenvalue weighted by atomic mass is 32.1. The Kier molecular flexibility index (Phi) is 3.22. The first-order chi connectivity index (χ1) is 40.3. The van der Waals surface area contributed by atoms with Crippen LogP contribution in [0.4, 0.5) is 0 Å². The van der Waals surface area contributed by atoms with Crippen LogP contribution in [0.2, 0.25) is 0 Å². The summed E-state index contributed by atoms with van der Waals surface area (Å²) in [7, 11) is 0. The molecular weight excluding hydrogens is 719 g/mol. The Morgan fingerprint density at radius 2 is 0.930 bits per heavy atom. The van der Waals surface area contributed by atoms with Gasteiger partial charge in [0.15, 0.2) is 17.5 Å². The van der Waals surface area contributed by atoms with Gasteiger partial charge in [0.2, 0.25) is 0 Å². The van der Waals surface area contributed by atoms with Crippen LogP contribution in [0, 0.1) is 0 Å². The molecule has 266 valence electrons. The molecule has 0 amide bonds. The number of nitrogens with zero attached hydrogens (tertiary/aromatic N) is 3. The molecule has 0 saturated carbocycles. The summed E-state index contributed by atoms with van der Waals surface area (Å²) in [4.78, 5) is 13.0. The van der Waals surface area contributed by atoms with E-state index in [2.05, 4.69) is 15.0 Å². The molecule has 12 aromatic rings. The SMILES string of the molecule is [2H]c1c([2H])c([2H])c(-c2nc(-c3c([2H])c([2H])c([2H])c([2H])c3[2H])nc(-c3c([2H])c([2H])c([2H])c4c3oc3c([2H])c([2H])c([2H])c(-c5c([2H])c(-c6c([2H])c([2H])c([2H])c7sc8c([2H])c([2H])c([2H])c([2H])c8c67)c([2H])c6c5oc5c([2H])c([2H])c([2H])c([2H])c56)c34)n2)c([2H])c1[2H]. The number of para-hydroxylation sites is 2. The molecule has 0 spiro atoms. The third-order valence-corrected chi connectivity index (χ3v) is 9.96. The first-order valence-corrected chi connectivity index (χ1v) is 17.4. The Hall–Kier alpha value is -7.41. The van der Waals surface area contributed by atoms with Crippen LogP contribution in [0.5, 0.6) is 0 Å². The predicted molar refractivity (Wildman–Crippen MR) is 234 cm³/mol. The fourth-order valence-electron chi connectivity index (χ4n) is 6.56. The highest BCUT2D eigenvalue weighted by Gasteiger charge is 2.23. The molecule has 0 bridgehead atoms. The number of thiophene rings is 1. The van der Waals surface area contributed by atoms with Gasteiger partial charge in [-0.25, -0.2) is 15.0 Å². The van der Waals surface area contributed by atoms with Crippen molar-refractivity contribution in [2.24, 2.45) is 0 Å². The maximum Gasteiger partial charge on any atom is 0.167 e.